The van der Waals surface area contributed by atoms with Crippen molar-refractivity contribution in [2.24, 2.45) is 5.92 Å². The van der Waals surface area contributed by atoms with E-state index in [1.54, 1.807) is 0 Å². The van der Waals surface area contributed by atoms with Gasteiger partial charge in [0.2, 0.25) is 0 Å². The van der Waals surface area contributed by atoms with Crippen molar-refractivity contribution in [1.29, 1.82) is 0 Å². The maximum absolute atomic E-state index is 13.0. The van der Waals surface area contributed by atoms with Crippen molar-refractivity contribution < 1.29 is 80.2 Å². The predicted molar refractivity (Wildman–Crippen MR) is 354 cm³/mol. The van der Waals surface area contributed by atoms with Crippen LogP contribution < -0.4 is 0 Å². The molecule has 3 N–H and O–H groups in total. The van der Waals surface area contributed by atoms with E-state index in [-0.39, 0.29) is 25.7 Å². The van der Waals surface area contributed by atoms with Crippen LogP contribution in [0.15, 0.2) is 0 Å². The zero-order valence-corrected chi connectivity index (χ0v) is 58.6. The molecule has 0 saturated heterocycles. The zero-order valence-electron chi connectivity index (χ0n) is 56.9. The van der Waals surface area contributed by atoms with Crippen molar-refractivity contribution in [3.63, 3.8) is 0 Å². The van der Waals surface area contributed by atoms with E-state index in [2.05, 4.69) is 34.6 Å². The van der Waals surface area contributed by atoms with Gasteiger partial charge in [0.1, 0.15) is 19.3 Å². The molecule has 2 unspecified atom stereocenters. The number of unbranched alkanes of at least 4 members (excludes halogenated alkanes) is 41. The Hall–Kier alpha value is -1.94. The lowest BCUT2D eigenvalue weighted by atomic mass is 10.0. The Bertz CT molecular complexity index is 1700. The molecule has 19 heteroatoms. The number of esters is 4. The SMILES string of the molecule is CCCCCCCCCCCCCCCC(=O)OC[C@H](COP(=O)(O)OC[C@@H](O)COP(=O)(O)OC[C@@H](COC(=O)CCCCCCC)OC(=O)CCCCCCCCCCCCC)OC(=O)CCCCCCCCCCCCCCCCCCC(C)C. The van der Waals surface area contributed by atoms with Crippen LogP contribution in [0.4, 0.5) is 0 Å². The van der Waals surface area contributed by atoms with Gasteiger partial charge in [0.05, 0.1) is 26.4 Å². The summed E-state index contributed by atoms with van der Waals surface area (Å²) < 4.78 is 68.0. The second-order valence-electron chi connectivity index (χ2n) is 25.4. The minimum absolute atomic E-state index is 0.106. The molecule has 0 amide bonds. The highest BCUT2D eigenvalue weighted by Gasteiger charge is 2.30. The third-order valence-corrected chi connectivity index (χ3v) is 17.9. The van der Waals surface area contributed by atoms with Crippen LogP contribution in [0.1, 0.15) is 356 Å². The standard InChI is InChI=1S/C69H134O17P2/c1-6-9-12-15-17-19-21-26-31-34-38-43-48-53-67(72)80-59-65(86-69(74)55-50-45-40-36-32-28-25-23-22-24-27-30-33-37-42-46-51-62(4)5)61-84-88(77,78)82-57-63(70)56-81-87(75,76)83-60-64(58-79-66(71)52-47-41-14-11-8-3)85-68(73)54-49-44-39-35-29-20-18-16-13-10-7-2/h62-65,70H,6-61H2,1-5H3,(H,75,76)(H,77,78)/t63-,64+,65+/m0/s1. The first kappa shape index (κ1) is 86.1. The van der Waals surface area contributed by atoms with Gasteiger partial charge < -0.3 is 33.8 Å². The van der Waals surface area contributed by atoms with Crippen molar-refractivity contribution >= 4 is 39.5 Å². The molecule has 0 aromatic heterocycles. The van der Waals surface area contributed by atoms with Crippen molar-refractivity contribution in [2.75, 3.05) is 39.6 Å². The van der Waals surface area contributed by atoms with Crippen LogP contribution >= 0.6 is 15.6 Å². The van der Waals surface area contributed by atoms with Gasteiger partial charge in [0.15, 0.2) is 12.2 Å². The molecule has 17 nitrogen and oxygen atoms in total. The van der Waals surface area contributed by atoms with Crippen LogP contribution in [0.5, 0.6) is 0 Å². The van der Waals surface area contributed by atoms with Crippen LogP contribution in [0.25, 0.3) is 0 Å². The van der Waals surface area contributed by atoms with Crippen LogP contribution in [-0.2, 0) is 65.4 Å². The molecular weight excluding hydrogens is 1160 g/mol. The van der Waals surface area contributed by atoms with Gasteiger partial charge in [0.25, 0.3) is 0 Å². The summed E-state index contributed by atoms with van der Waals surface area (Å²) in [4.78, 5) is 72.2. The summed E-state index contributed by atoms with van der Waals surface area (Å²) in [6.45, 7) is 7.18. The molecule has 522 valence electrons. The third kappa shape index (κ3) is 62.8. The summed E-state index contributed by atoms with van der Waals surface area (Å²) >= 11 is 0. The summed E-state index contributed by atoms with van der Waals surface area (Å²) in [5.41, 5.74) is 0. The fourth-order valence-corrected chi connectivity index (χ4v) is 12.0. The number of carbonyl (C=O) groups excluding carboxylic acids is 4. The number of phosphoric ester groups is 2. The average Bonchev–Trinajstić information content (AvgIpc) is 3.51. The summed E-state index contributed by atoms with van der Waals surface area (Å²) in [5.74, 6) is -1.32. The van der Waals surface area contributed by atoms with Gasteiger partial charge in [0, 0.05) is 25.7 Å². The minimum Gasteiger partial charge on any atom is -0.462 e. The molecule has 5 atom stereocenters. The minimum atomic E-state index is -4.95. The lowest BCUT2D eigenvalue weighted by molar-refractivity contribution is -0.161. The first-order chi connectivity index (χ1) is 42.5. The van der Waals surface area contributed by atoms with Gasteiger partial charge in [-0.05, 0) is 31.6 Å². The number of hydrogen-bond acceptors (Lipinski definition) is 15. The number of aliphatic hydroxyl groups excluding tert-OH is 1. The fourth-order valence-electron chi connectivity index (χ4n) is 10.5. The van der Waals surface area contributed by atoms with Crippen molar-refractivity contribution in [1.82, 2.24) is 0 Å². The molecular formula is C69H134O17P2. The highest BCUT2D eigenvalue weighted by atomic mass is 31.2. The Balaban J connectivity index is 5.13. The molecule has 0 aromatic carbocycles. The smallest absolute Gasteiger partial charge is 0.462 e. The molecule has 0 fully saturated rings. The van der Waals surface area contributed by atoms with E-state index in [0.29, 0.717) is 25.7 Å². The van der Waals surface area contributed by atoms with Gasteiger partial charge in [-0.15, -0.1) is 0 Å². The molecule has 0 aliphatic carbocycles. The van der Waals surface area contributed by atoms with Crippen molar-refractivity contribution in [2.45, 2.75) is 374 Å². The molecule has 0 heterocycles. The number of aliphatic hydroxyl groups is 1. The van der Waals surface area contributed by atoms with E-state index >= 15 is 0 Å². The normalized spacial score (nSPS) is 14.1. The topological polar surface area (TPSA) is 237 Å². The van der Waals surface area contributed by atoms with E-state index in [1.807, 2.05) is 0 Å². The molecule has 0 spiro atoms. The molecule has 0 saturated carbocycles. The maximum Gasteiger partial charge on any atom is 0.472 e. The number of ether oxygens (including phenoxy) is 4. The van der Waals surface area contributed by atoms with Gasteiger partial charge >= 0.3 is 39.5 Å². The largest absolute Gasteiger partial charge is 0.472 e. The lowest BCUT2D eigenvalue weighted by Crippen LogP contribution is -2.30. The Kier molecular flexibility index (Phi) is 61.1. The molecule has 0 aliphatic heterocycles. The Morgan fingerprint density at radius 2 is 0.523 bits per heavy atom. The van der Waals surface area contributed by atoms with E-state index in [1.165, 1.54) is 173 Å². The fraction of sp³-hybridized carbons (Fsp3) is 0.942. The molecule has 0 rings (SSSR count). The highest BCUT2D eigenvalue weighted by molar-refractivity contribution is 7.47. The van der Waals surface area contributed by atoms with E-state index < -0.39 is 97.5 Å². The summed E-state index contributed by atoms with van der Waals surface area (Å²) in [6.07, 6.45) is 48.9. The van der Waals surface area contributed by atoms with Crippen LogP contribution in [0.2, 0.25) is 0 Å². The van der Waals surface area contributed by atoms with Gasteiger partial charge in [-0.2, -0.15) is 0 Å². The molecule has 0 aromatic rings. The molecule has 0 radical (unpaired) electrons. The second kappa shape index (κ2) is 62.5. The Labute approximate surface area is 537 Å². The van der Waals surface area contributed by atoms with Crippen LogP contribution in [0.3, 0.4) is 0 Å². The highest BCUT2D eigenvalue weighted by Crippen LogP contribution is 2.45. The van der Waals surface area contributed by atoms with Crippen molar-refractivity contribution in [3.05, 3.63) is 0 Å². The molecule has 0 aliphatic rings. The third-order valence-electron chi connectivity index (χ3n) is 16.0. The Morgan fingerprint density at radius 1 is 0.307 bits per heavy atom. The van der Waals surface area contributed by atoms with Crippen LogP contribution in [-0.4, -0.2) is 96.7 Å². The second-order valence-corrected chi connectivity index (χ2v) is 28.3. The summed E-state index contributed by atoms with van der Waals surface area (Å²) in [7, 11) is -9.89. The lowest BCUT2D eigenvalue weighted by Gasteiger charge is -2.21. The Morgan fingerprint density at radius 3 is 0.773 bits per heavy atom. The summed E-state index contributed by atoms with van der Waals surface area (Å²) in [5, 5.41) is 10.5. The van der Waals surface area contributed by atoms with Gasteiger partial charge in [-0.3, -0.25) is 37.3 Å². The summed E-state index contributed by atoms with van der Waals surface area (Å²) in [6, 6.07) is 0. The number of carbonyl (C=O) groups is 4. The first-order valence-corrected chi connectivity index (χ1v) is 39.1. The average molecular weight is 1300 g/mol. The van der Waals surface area contributed by atoms with E-state index in [0.717, 1.165) is 102 Å². The van der Waals surface area contributed by atoms with Gasteiger partial charge in [-0.25, -0.2) is 9.13 Å². The number of phosphoric acid groups is 2. The first-order valence-electron chi connectivity index (χ1n) is 36.1. The monoisotopic (exact) mass is 1300 g/mol. The van der Waals surface area contributed by atoms with Crippen molar-refractivity contribution in [3.8, 4) is 0 Å². The zero-order chi connectivity index (χ0) is 64.9. The van der Waals surface area contributed by atoms with Gasteiger partial charge in [-0.1, -0.05) is 304 Å². The van der Waals surface area contributed by atoms with E-state index in [4.69, 9.17) is 37.0 Å². The molecule has 88 heavy (non-hydrogen) atoms. The van der Waals surface area contributed by atoms with Crippen LogP contribution in [0, 0.1) is 5.92 Å². The molecule has 0 bridgehead atoms. The predicted octanol–water partition coefficient (Wildman–Crippen LogP) is 19.7. The number of rotatable bonds is 69. The maximum atomic E-state index is 13.0. The number of hydrogen-bond donors (Lipinski definition) is 3. The van der Waals surface area contributed by atoms with E-state index in [9.17, 15) is 43.2 Å². The quantitative estimate of drug-likeness (QED) is 0.0222.